The van der Waals surface area contributed by atoms with Crippen molar-refractivity contribution in [3.05, 3.63) is 53.2 Å². The molecule has 0 bridgehead atoms. The summed E-state index contributed by atoms with van der Waals surface area (Å²) in [6, 6.07) is 15.1. The van der Waals surface area contributed by atoms with Crippen LogP contribution in [0.25, 0.3) is 22.0 Å². The number of nitrogens with zero attached hydrogens (tertiary/aromatic N) is 2. The van der Waals surface area contributed by atoms with Crippen LogP contribution >= 0.6 is 11.6 Å². The van der Waals surface area contributed by atoms with Gasteiger partial charge in [0.15, 0.2) is 0 Å². The molecule has 0 saturated heterocycles. The number of hydrogen-bond donors (Lipinski definition) is 0. The zero-order valence-electron chi connectivity index (χ0n) is 12.6. The van der Waals surface area contributed by atoms with Gasteiger partial charge in [0, 0.05) is 10.9 Å². The number of benzene rings is 2. The summed E-state index contributed by atoms with van der Waals surface area (Å²) in [4.78, 5) is 4.30. The molecule has 0 saturated carbocycles. The van der Waals surface area contributed by atoms with Gasteiger partial charge in [-0.25, -0.2) is 4.98 Å². The molecule has 0 N–H and O–H groups in total. The molecule has 0 aliphatic carbocycles. The Morgan fingerprint density at radius 2 is 1.65 bits per heavy atom. The number of hydrogen-bond acceptors (Lipinski definition) is 4. The molecule has 0 aliphatic heterocycles. The number of nitriles is 1. The lowest BCUT2D eigenvalue weighted by Gasteiger charge is -2.12. The molecular formula is C18H13ClN2O2. The largest absolute Gasteiger partial charge is 0.497 e. The second-order valence-corrected chi connectivity index (χ2v) is 5.23. The molecule has 3 rings (SSSR count). The van der Waals surface area contributed by atoms with Crippen LogP contribution in [0.5, 0.6) is 11.5 Å². The maximum absolute atomic E-state index is 9.52. The Hall–Kier alpha value is -2.77. The van der Waals surface area contributed by atoms with E-state index in [1.165, 1.54) is 0 Å². The van der Waals surface area contributed by atoms with Gasteiger partial charge in [0.05, 0.1) is 25.3 Å². The Bertz CT molecular complexity index is 915. The molecule has 0 radical (unpaired) electrons. The minimum Gasteiger partial charge on any atom is -0.497 e. The number of pyridine rings is 1. The summed E-state index contributed by atoms with van der Waals surface area (Å²) in [5.41, 5.74) is 2.66. The Morgan fingerprint density at radius 1 is 1.00 bits per heavy atom. The zero-order valence-corrected chi connectivity index (χ0v) is 13.4. The predicted octanol–water partition coefficient (Wildman–Crippen LogP) is 4.44. The highest BCUT2D eigenvalue weighted by Crippen LogP contribution is 2.36. The zero-order chi connectivity index (χ0) is 16.4. The average molecular weight is 325 g/mol. The topological polar surface area (TPSA) is 55.1 Å². The lowest BCUT2D eigenvalue weighted by molar-refractivity contribution is 0.415. The second-order valence-electron chi connectivity index (χ2n) is 4.88. The van der Waals surface area contributed by atoms with E-state index in [1.807, 2.05) is 42.5 Å². The van der Waals surface area contributed by atoms with Crippen LogP contribution in [0.1, 0.15) is 5.56 Å². The van der Waals surface area contributed by atoms with Gasteiger partial charge >= 0.3 is 0 Å². The molecule has 1 heterocycles. The molecule has 0 atom stereocenters. The van der Waals surface area contributed by atoms with Crippen molar-refractivity contribution in [2.75, 3.05) is 14.2 Å². The third-order valence-electron chi connectivity index (χ3n) is 3.64. The van der Waals surface area contributed by atoms with Crippen LogP contribution in [-0.4, -0.2) is 19.2 Å². The molecule has 0 amide bonds. The lowest BCUT2D eigenvalue weighted by atomic mass is 9.96. The number of fused-ring (bicyclic) bond motifs is 1. The quantitative estimate of drug-likeness (QED) is 0.668. The molecular weight excluding hydrogens is 312 g/mol. The summed E-state index contributed by atoms with van der Waals surface area (Å²) in [5.74, 6) is 1.44. The summed E-state index contributed by atoms with van der Waals surface area (Å²) in [5, 5.41) is 10.5. The third-order valence-corrected chi connectivity index (χ3v) is 3.91. The van der Waals surface area contributed by atoms with Gasteiger partial charge in [-0.15, -0.1) is 0 Å². The molecule has 4 nitrogen and oxygen atoms in total. The Kier molecular flexibility index (Phi) is 4.05. The molecule has 114 valence electrons. The van der Waals surface area contributed by atoms with Crippen molar-refractivity contribution < 1.29 is 9.47 Å². The summed E-state index contributed by atoms with van der Waals surface area (Å²) in [6.07, 6.45) is 0. The van der Waals surface area contributed by atoms with Gasteiger partial charge in [0.2, 0.25) is 0 Å². The van der Waals surface area contributed by atoms with E-state index in [1.54, 1.807) is 14.2 Å². The van der Waals surface area contributed by atoms with Crippen LogP contribution in [-0.2, 0) is 0 Å². The lowest BCUT2D eigenvalue weighted by Crippen LogP contribution is -1.94. The average Bonchev–Trinajstić information content (AvgIpc) is 2.60. The molecule has 0 aliphatic rings. The minimum absolute atomic E-state index is 0.191. The summed E-state index contributed by atoms with van der Waals surface area (Å²) >= 11 is 6.20. The first-order valence-electron chi connectivity index (χ1n) is 6.89. The highest BCUT2D eigenvalue weighted by molar-refractivity contribution is 6.31. The van der Waals surface area contributed by atoms with Gasteiger partial charge in [-0.3, -0.25) is 0 Å². The van der Waals surface area contributed by atoms with E-state index in [-0.39, 0.29) is 5.15 Å². The van der Waals surface area contributed by atoms with Crippen LogP contribution in [0, 0.1) is 11.3 Å². The number of aromatic nitrogens is 1. The number of rotatable bonds is 3. The van der Waals surface area contributed by atoms with Gasteiger partial charge in [0.1, 0.15) is 22.7 Å². The molecule has 0 fully saturated rings. The molecule has 5 heteroatoms. The van der Waals surface area contributed by atoms with Crippen molar-refractivity contribution in [2.45, 2.75) is 0 Å². The fourth-order valence-corrected chi connectivity index (χ4v) is 2.73. The highest BCUT2D eigenvalue weighted by atomic mass is 35.5. The smallest absolute Gasteiger partial charge is 0.148 e. The van der Waals surface area contributed by atoms with Gasteiger partial charge in [0.25, 0.3) is 0 Å². The van der Waals surface area contributed by atoms with Crippen LogP contribution in [0.2, 0.25) is 5.15 Å². The normalized spacial score (nSPS) is 10.3. The van der Waals surface area contributed by atoms with E-state index in [4.69, 9.17) is 21.1 Å². The molecule has 1 aromatic heterocycles. The first-order chi connectivity index (χ1) is 11.2. The molecule has 0 unspecified atom stereocenters. The Labute approximate surface area is 138 Å². The fourth-order valence-electron chi connectivity index (χ4n) is 2.50. The first kappa shape index (κ1) is 15.1. The van der Waals surface area contributed by atoms with Crippen molar-refractivity contribution in [1.82, 2.24) is 4.98 Å². The van der Waals surface area contributed by atoms with Crippen molar-refractivity contribution in [1.29, 1.82) is 5.26 Å². The summed E-state index contributed by atoms with van der Waals surface area (Å²) in [7, 11) is 3.21. The van der Waals surface area contributed by atoms with Crippen LogP contribution in [0.15, 0.2) is 42.5 Å². The molecule has 0 spiro atoms. The van der Waals surface area contributed by atoms with Gasteiger partial charge < -0.3 is 9.47 Å². The SMILES string of the molecule is COc1ccc(-c2c(C#N)c(Cl)nc3ccc(OC)cc23)cc1. The van der Waals surface area contributed by atoms with E-state index in [9.17, 15) is 5.26 Å². The number of methoxy groups -OCH3 is 2. The van der Waals surface area contributed by atoms with Crippen LogP contribution in [0.3, 0.4) is 0 Å². The standard InChI is InChI=1S/C18H13ClN2O2/c1-22-12-5-3-11(4-6-12)17-14-9-13(23-2)7-8-16(14)21-18(19)15(17)10-20/h3-9H,1-2H3. The Morgan fingerprint density at radius 3 is 2.26 bits per heavy atom. The predicted molar refractivity (Wildman–Crippen MR) is 90.0 cm³/mol. The minimum atomic E-state index is 0.191. The first-order valence-corrected chi connectivity index (χ1v) is 7.27. The fraction of sp³-hybridized carbons (Fsp3) is 0.111. The molecule has 3 aromatic rings. The van der Waals surface area contributed by atoms with Crippen molar-refractivity contribution in [3.8, 4) is 28.7 Å². The number of ether oxygens (including phenoxy) is 2. The summed E-state index contributed by atoms with van der Waals surface area (Å²) in [6.45, 7) is 0. The van der Waals surface area contributed by atoms with E-state index in [0.29, 0.717) is 16.8 Å². The van der Waals surface area contributed by atoms with Gasteiger partial charge in [-0.2, -0.15) is 5.26 Å². The van der Waals surface area contributed by atoms with Crippen LogP contribution in [0.4, 0.5) is 0 Å². The van der Waals surface area contributed by atoms with E-state index in [0.717, 1.165) is 22.3 Å². The van der Waals surface area contributed by atoms with Crippen molar-refractivity contribution in [3.63, 3.8) is 0 Å². The highest BCUT2D eigenvalue weighted by Gasteiger charge is 2.16. The van der Waals surface area contributed by atoms with Gasteiger partial charge in [-0.1, -0.05) is 23.7 Å². The van der Waals surface area contributed by atoms with E-state index in [2.05, 4.69) is 11.1 Å². The molecule has 2 aromatic carbocycles. The second kappa shape index (κ2) is 6.15. The van der Waals surface area contributed by atoms with E-state index < -0.39 is 0 Å². The molecule has 23 heavy (non-hydrogen) atoms. The van der Waals surface area contributed by atoms with Crippen molar-refractivity contribution in [2.24, 2.45) is 0 Å². The number of halogens is 1. The summed E-state index contributed by atoms with van der Waals surface area (Å²) < 4.78 is 10.5. The van der Waals surface area contributed by atoms with E-state index >= 15 is 0 Å². The Balaban J connectivity index is 2.36. The third kappa shape index (κ3) is 2.67. The monoisotopic (exact) mass is 324 g/mol. The van der Waals surface area contributed by atoms with Crippen molar-refractivity contribution >= 4 is 22.5 Å². The maximum atomic E-state index is 9.52. The van der Waals surface area contributed by atoms with Crippen LogP contribution < -0.4 is 9.47 Å². The maximum Gasteiger partial charge on any atom is 0.148 e. The van der Waals surface area contributed by atoms with Gasteiger partial charge in [-0.05, 0) is 35.9 Å².